The number of ether oxygens (including phenoxy) is 1. The number of carbonyl (C=O) groups excluding carboxylic acids is 5. The lowest BCUT2D eigenvalue weighted by molar-refractivity contribution is -0.142. The molecule has 0 aromatic heterocycles. The van der Waals surface area contributed by atoms with Gasteiger partial charge in [0.1, 0.15) is 18.1 Å². The number of aldehydes is 1. The molecule has 0 saturated carbocycles. The lowest BCUT2D eigenvalue weighted by atomic mass is 10.1. The van der Waals surface area contributed by atoms with E-state index in [1.54, 1.807) is 12.1 Å². The molecule has 0 aliphatic carbocycles. The Morgan fingerprint density at radius 3 is 1.84 bits per heavy atom. The Morgan fingerprint density at radius 1 is 0.698 bits per heavy atom. The van der Waals surface area contributed by atoms with Crippen LogP contribution in [0.2, 0.25) is 0 Å². The zero-order valence-corrected chi connectivity index (χ0v) is 24.2. The summed E-state index contributed by atoms with van der Waals surface area (Å²) in [4.78, 5) is 79.7. The second kappa shape index (κ2) is 22.2. The minimum Gasteiger partial charge on any atom is -0.494 e. The molecule has 238 valence electrons. The third kappa shape index (κ3) is 18.5. The van der Waals surface area contributed by atoms with Crippen LogP contribution in [-0.4, -0.2) is 84.3 Å². The molecule has 4 amide bonds. The van der Waals surface area contributed by atoms with E-state index >= 15 is 0 Å². The minimum absolute atomic E-state index is 0.148. The summed E-state index contributed by atoms with van der Waals surface area (Å²) in [5.74, 6) is -3.78. The number of hydrogen-bond acceptors (Lipinski definition) is 8. The van der Waals surface area contributed by atoms with Crippen LogP contribution in [-0.2, 0) is 28.8 Å². The molecule has 0 heterocycles. The van der Waals surface area contributed by atoms with E-state index in [9.17, 15) is 38.7 Å². The second-order valence-corrected chi connectivity index (χ2v) is 9.78. The smallest absolute Gasteiger partial charge is 0.335 e. The van der Waals surface area contributed by atoms with Crippen LogP contribution < -0.4 is 26.0 Å². The van der Waals surface area contributed by atoms with Crippen molar-refractivity contribution in [2.24, 2.45) is 0 Å². The van der Waals surface area contributed by atoms with Crippen LogP contribution in [0.1, 0.15) is 81.0 Å². The number of unbranched alkanes of at least 4 members (excludes halogenated alkanes) is 7. The minimum atomic E-state index is -1.26. The Balaban J connectivity index is 2.07. The van der Waals surface area contributed by atoms with Crippen LogP contribution in [0.4, 0.5) is 0 Å². The van der Waals surface area contributed by atoms with Gasteiger partial charge in [0.2, 0.25) is 23.6 Å². The predicted octanol–water partition coefficient (Wildman–Crippen LogP) is 1.17. The van der Waals surface area contributed by atoms with E-state index in [1.165, 1.54) is 12.1 Å². The molecular weight excluding hydrogens is 564 g/mol. The number of benzene rings is 1. The Bertz CT molecular complexity index is 1060. The quantitative estimate of drug-likeness (QED) is 0.0729. The summed E-state index contributed by atoms with van der Waals surface area (Å²) in [7, 11) is 0. The number of carboxylic acids is 2. The zero-order valence-electron chi connectivity index (χ0n) is 24.2. The van der Waals surface area contributed by atoms with Gasteiger partial charge in [0.15, 0.2) is 0 Å². The number of amides is 4. The highest BCUT2D eigenvalue weighted by atomic mass is 16.5. The van der Waals surface area contributed by atoms with Crippen LogP contribution in [0.5, 0.6) is 5.75 Å². The molecule has 6 N–H and O–H groups in total. The molecule has 0 bridgehead atoms. The third-order valence-corrected chi connectivity index (χ3v) is 6.24. The molecule has 0 fully saturated rings. The maximum absolute atomic E-state index is 12.2. The number of rotatable bonds is 24. The van der Waals surface area contributed by atoms with Gasteiger partial charge in [0.05, 0.1) is 31.8 Å². The Kier molecular flexibility index (Phi) is 18.8. The molecule has 14 heteroatoms. The summed E-state index contributed by atoms with van der Waals surface area (Å²) in [5.41, 5.74) is 0.219. The van der Waals surface area contributed by atoms with Crippen molar-refractivity contribution in [3.05, 3.63) is 29.8 Å². The number of hydrogen-bond donors (Lipinski definition) is 6. The Labute approximate surface area is 250 Å². The van der Waals surface area contributed by atoms with E-state index in [1.807, 2.05) is 0 Å². The van der Waals surface area contributed by atoms with Crippen LogP contribution >= 0.6 is 0 Å². The molecule has 0 unspecified atom stereocenters. The summed E-state index contributed by atoms with van der Waals surface area (Å²) in [6.45, 7) is -0.385. The highest BCUT2D eigenvalue weighted by molar-refractivity contribution is 5.89. The van der Waals surface area contributed by atoms with Crippen molar-refractivity contribution in [3.63, 3.8) is 0 Å². The normalized spacial score (nSPS) is 11.1. The lowest BCUT2D eigenvalue weighted by Crippen LogP contribution is -2.43. The third-order valence-electron chi connectivity index (χ3n) is 6.24. The van der Waals surface area contributed by atoms with Gasteiger partial charge in [-0.15, -0.1) is 0 Å². The van der Waals surface area contributed by atoms with E-state index in [4.69, 9.17) is 9.84 Å². The number of carbonyl (C=O) groups is 7. The largest absolute Gasteiger partial charge is 0.494 e. The Hall–Kier alpha value is -4.49. The molecule has 1 atom stereocenters. The van der Waals surface area contributed by atoms with Gasteiger partial charge < -0.3 is 41.0 Å². The molecule has 0 aliphatic heterocycles. The number of aliphatic carboxylic acids is 1. The SMILES string of the molecule is O=CCNC(=O)CNC(=O)CNC(=O)CC[C@H](NC(=O)CCCCCCCCCCOc1ccc(C(=O)O)cc1)C(=O)O. The molecule has 0 aliphatic rings. The molecular formula is C29H42N4O10. The van der Waals surface area contributed by atoms with E-state index in [-0.39, 0.29) is 37.9 Å². The van der Waals surface area contributed by atoms with Crippen molar-refractivity contribution < 1.29 is 48.5 Å². The van der Waals surface area contributed by atoms with Gasteiger partial charge in [-0.3, -0.25) is 19.2 Å². The van der Waals surface area contributed by atoms with E-state index in [0.29, 0.717) is 25.1 Å². The van der Waals surface area contributed by atoms with Crippen LogP contribution in [0, 0.1) is 0 Å². The van der Waals surface area contributed by atoms with E-state index < -0.39 is 48.2 Å². The van der Waals surface area contributed by atoms with Gasteiger partial charge in [-0.1, -0.05) is 38.5 Å². The van der Waals surface area contributed by atoms with Gasteiger partial charge in [0.25, 0.3) is 0 Å². The molecule has 14 nitrogen and oxygen atoms in total. The van der Waals surface area contributed by atoms with Gasteiger partial charge in [-0.05, 0) is 43.5 Å². The fourth-order valence-corrected chi connectivity index (χ4v) is 3.86. The van der Waals surface area contributed by atoms with Gasteiger partial charge >= 0.3 is 11.9 Å². The van der Waals surface area contributed by atoms with E-state index in [0.717, 1.165) is 44.9 Å². The van der Waals surface area contributed by atoms with Crippen molar-refractivity contribution in [3.8, 4) is 5.75 Å². The molecule has 0 radical (unpaired) electrons. The fourth-order valence-electron chi connectivity index (χ4n) is 3.86. The van der Waals surface area contributed by atoms with Crippen molar-refractivity contribution >= 4 is 41.9 Å². The average Bonchev–Trinajstić information content (AvgIpc) is 2.98. The van der Waals surface area contributed by atoms with E-state index in [2.05, 4.69) is 21.3 Å². The second-order valence-electron chi connectivity index (χ2n) is 9.78. The highest BCUT2D eigenvalue weighted by Crippen LogP contribution is 2.14. The first-order valence-corrected chi connectivity index (χ1v) is 14.3. The number of nitrogens with one attached hydrogen (secondary N) is 4. The van der Waals surface area contributed by atoms with Crippen molar-refractivity contribution in [2.45, 2.75) is 76.7 Å². The maximum atomic E-state index is 12.2. The van der Waals surface area contributed by atoms with Crippen molar-refractivity contribution in [2.75, 3.05) is 26.2 Å². The molecule has 1 aromatic carbocycles. The summed E-state index contributed by atoms with van der Waals surface area (Å²) in [5, 5.41) is 27.5. The molecule has 43 heavy (non-hydrogen) atoms. The number of aromatic carboxylic acids is 1. The first-order chi connectivity index (χ1) is 20.6. The van der Waals surface area contributed by atoms with Crippen LogP contribution in [0.3, 0.4) is 0 Å². The summed E-state index contributed by atoms with van der Waals surface area (Å²) < 4.78 is 5.61. The van der Waals surface area contributed by atoms with Crippen molar-refractivity contribution in [1.29, 1.82) is 0 Å². The zero-order chi connectivity index (χ0) is 31.9. The summed E-state index contributed by atoms with van der Waals surface area (Å²) >= 11 is 0. The average molecular weight is 607 g/mol. The van der Waals surface area contributed by atoms with Gasteiger partial charge in [0, 0.05) is 12.8 Å². The predicted molar refractivity (Wildman–Crippen MR) is 154 cm³/mol. The van der Waals surface area contributed by atoms with Crippen molar-refractivity contribution in [1.82, 2.24) is 21.3 Å². The maximum Gasteiger partial charge on any atom is 0.335 e. The monoisotopic (exact) mass is 606 g/mol. The van der Waals surface area contributed by atoms with Crippen LogP contribution in [0.25, 0.3) is 0 Å². The van der Waals surface area contributed by atoms with Crippen LogP contribution in [0.15, 0.2) is 24.3 Å². The number of carboxylic acid groups (broad SMARTS) is 2. The summed E-state index contributed by atoms with van der Waals surface area (Å²) in [6.07, 6.45) is 7.76. The fraction of sp³-hybridized carbons (Fsp3) is 0.552. The standard InChI is InChI=1S/C29H42N4O10/c34-17-16-30-26(37)19-32-27(38)20-31-24(35)15-14-23(29(41)42)33-25(36)9-7-5-3-1-2-4-6-8-18-43-22-12-10-21(11-13-22)28(39)40/h10-13,17,23H,1-9,14-16,18-20H2,(H,30,37)(H,31,35)(H,32,38)(H,33,36)(H,39,40)(H,41,42)/t23-/m0/s1. The molecule has 1 aromatic rings. The molecule has 0 spiro atoms. The lowest BCUT2D eigenvalue weighted by Gasteiger charge is -2.14. The van der Waals surface area contributed by atoms with Gasteiger partial charge in [-0.25, -0.2) is 9.59 Å². The topological polar surface area (TPSA) is 217 Å². The highest BCUT2D eigenvalue weighted by Gasteiger charge is 2.21. The molecule has 1 rings (SSSR count). The first kappa shape index (κ1) is 36.5. The Morgan fingerprint density at radius 2 is 1.26 bits per heavy atom. The first-order valence-electron chi connectivity index (χ1n) is 14.3. The summed E-state index contributed by atoms with van der Waals surface area (Å²) in [6, 6.07) is 5.07. The van der Waals surface area contributed by atoms with Gasteiger partial charge in [-0.2, -0.15) is 0 Å². The molecule has 0 saturated heterocycles.